The van der Waals surface area contributed by atoms with Gasteiger partial charge in [0, 0.05) is 12.8 Å². The van der Waals surface area contributed by atoms with Gasteiger partial charge in [-0.1, -0.05) is 0 Å². The highest BCUT2D eigenvalue weighted by molar-refractivity contribution is 7.70. The molecule has 0 fully saturated rings. The molecule has 82 valence electrons. The lowest BCUT2D eigenvalue weighted by Crippen LogP contribution is -2.04. The average molecular weight is 246 g/mol. The summed E-state index contributed by atoms with van der Waals surface area (Å²) in [5.74, 6) is 0. The summed E-state index contributed by atoms with van der Waals surface area (Å²) in [5.41, 5.74) is -3.03. The largest absolute Gasteiger partial charge is 0.391 e. The van der Waals surface area contributed by atoms with Crippen molar-refractivity contribution in [3.63, 3.8) is 0 Å². The summed E-state index contributed by atoms with van der Waals surface area (Å²) in [6, 6.07) is 0. The van der Waals surface area contributed by atoms with E-state index in [1.165, 1.54) is 0 Å². The fraction of sp³-hybridized carbons (Fsp3) is 0.500. The average Bonchev–Trinajstić information content (AvgIpc) is 1.95. The molecule has 0 aliphatic carbocycles. The Morgan fingerprint density at radius 3 is 1.14 bits per heavy atom. The van der Waals surface area contributed by atoms with Crippen LogP contribution in [0.2, 0.25) is 0 Å². The lowest BCUT2D eigenvalue weighted by molar-refractivity contribution is -0.118. The van der Waals surface area contributed by atoms with Crippen LogP contribution in [0.3, 0.4) is 0 Å². The Labute approximate surface area is 78.3 Å². The van der Waals surface area contributed by atoms with Crippen molar-refractivity contribution in [2.24, 2.45) is 0 Å². The molecule has 14 heavy (non-hydrogen) atoms. The lowest BCUT2D eigenvalue weighted by Gasteiger charge is -2.03. The maximum absolute atomic E-state index is 10.5. The molecule has 8 nitrogen and oxygen atoms in total. The highest BCUT2D eigenvalue weighted by Gasteiger charge is 2.30. The summed E-state index contributed by atoms with van der Waals surface area (Å²) in [5, 5.41) is 0. The molecule has 0 saturated heterocycles. The minimum atomic E-state index is -4.91. The molecular formula is C4H8O8P2. The molecule has 0 unspecified atom stereocenters. The Kier molecular flexibility index (Phi) is 4.33. The number of rotatable bonds is 5. The number of hydrogen-bond acceptors (Lipinski definition) is 4. The Balaban J connectivity index is 4.24. The standard InChI is InChI=1S/C4H8O8P2/c5-3(13(7,8)9)1-2-4(6)14(10,11)12/h1-2H2,(H2,7,8,9)(H2,10,11,12). The Bertz CT molecular complexity index is 299. The molecule has 0 atom stereocenters. The van der Waals surface area contributed by atoms with Crippen LogP contribution in [0.1, 0.15) is 12.8 Å². The minimum Gasteiger partial charge on any atom is -0.319 e. The monoisotopic (exact) mass is 246 g/mol. The summed E-state index contributed by atoms with van der Waals surface area (Å²) in [6.07, 6.45) is -1.76. The summed E-state index contributed by atoms with van der Waals surface area (Å²) in [6.45, 7) is 0. The molecule has 4 N–H and O–H groups in total. The van der Waals surface area contributed by atoms with Gasteiger partial charge in [0.25, 0.3) is 0 Å². The van der Waals surface area contributed by atoms with Gasteiger partial charge < -0.3 is 19.6 Å². The fourth-order valence-corrected chi connectivity index (χ4v) is 1.31. The third-order valence-corrected chi connectivity index (χ3v) is 2.95. The quantitative estimate of drug-likeness (QED) is 0.459. The van der Waals surface area contributed by atoms with Crippen molar-refractivity contribution >= 4 is 26.2 Å². The normalized spacial score (nSPS) is 12.6. The van der Waals surface area contributed by atoms with Gasteiger partial charge in [0.2, 0.25) is 11.0 Å². The first-order chi connectivity index (χ1) is 6.05. The van der Waals surface area contributed by atoms with E-state index >= 15 is 0 Å². The van der Waals surface area contributed by atoms with Crippen LogP contribution in [0.5, 0.6) is 0 Å². The van der Waals surface area contributed by atoms with Crippen molar-refractivity contribution in [3.05, 3.63) is 0 Å². The van der Waals surface area contributed by atoms with Gasteiger partial charge in [0.15, 0.2) is 0 Å². The van der Waals surface area contributed by atoms with Crippen molar-refractivity contribution < 1.29 is 38.3 Å². The van der Waals surface area contributed by atoms with Crippen molar-refractivity contribution in [1.82, 2.24) is 0 Å². The SMILES string of the molecule is O=C(CCC(=O)P(=O)(O)O)P(=O)(O)O. The molecule has 0 radical (unpaired) electrons. The van der Waals surface area contributed by atoms with Gasteiger partial charge in [0.1, 0.15) is 0 Å². The second-order valence-corrected chi connectivity index (χ2v) is 5.55. The highest BCUT2D eigenvalue weighted by Crippen LogP contribution is 2.41. The Morgan fingerprint density at radius 2 is 1.00 bits per heavy atom. The summed E-state index contributed by atoms with van der Waals surface area (Å²) in [7, 11) is -9.82. The van der Waals surface area contributed by atoms with E-state index in [4.69, 9.17) is 19.6 Å². The summed E-state index contributed by atoms with van der Waals surface area (Å²) < 4.78 is 20.5. The number of hydrogen-bond donors (Lipinski definition) is 4. The molecule has 0 saturated carbocycles. The molecule has 0 aromatic rings. The van der Waals surface area contributed by atoms with E-state index in [1.807, 2.05) is 0 Å². The first kappa shape index (κ1) is 13.6. The zero-order valence-electron chi connectivity index (χ0n) is 6.73. The van der Waals surface area contributed by atoms with Crippen molar-refractivity contribution in [2.75, 3.05) is 0 Å². The second kappa shape index (κ2) is 4.44. The van der Waals surface area contributed by atoms with Crippen molar-refractivity contribution in [3.8, 4) is 0 Å². The van der Waals surface area contributed by atoms with E-state index in [1.54, 1.807) is 0 Å². The second-order valence-electron chi connectivity index (χ2n) is 2.38. The third-order valence-electron chi connectivity index (χ3n) is 1.20. The number of carbonyl (C=O) groups is 2. The zero-order valence-corrected chi connectivity index (χ0v) is 8.52. The molecule has 0 aliphatic heterocycles. The molecule has 0 rings (SSSR count). The molecule has 0 bridgehead atoms. The van der Waals surface area contributed by atoms with Crippen molar-refractivity contribution in [2.45, 2.75) is 12.8 Å². The molecule has 0 aromatic carbocycles. The van der Waals surface area contributed by atoms with Crippen LogP contribution in [0.25, 0.3) is 0 Å². The van der Waals surface area contributed by atoms with E-state index in [-0.39, 0.29) is 0 Å². The van der Waals surface area contributed by atoms with E-state index in [0.29, 0.717) is 0 Å². The first-order valence-electron chi connectivity index (χ1n) is 3.23. The topological polar surface area (TPSA) is 149 Å². The molecule has 0 amide bonds. The summed E-state index contributed by atoms with van der Waals surface area (Å²) >= 11 is 0. The lowest BCUT2D eigenvalue weighted by atomic mass is 10.4. The van der Waals surface area contributed by atoms with Gasteiger partial charge in [-0.25, -0.2) is 0 Å². The fourth-order valence-electron chi connectivity index (χ4n) is 0.505. The van der Waals surface area contributed by atoms with Gasteiger partial charge in [-0.05, 0) is 0 Å². The van der Waals surface area contributed by atoms with E-state index in [9.17, 15) is 18.7 Å². The highest BCUT2D eigenvalue weighted by atomic mass is 31.2. The molecule has 0 spiro atoms. The van der Waals surface area contributed by atoms with Gasteiger partial charge in [-0.15, -0.1) is 0 Å². The molecule has 0 aliphatic rings. The number of carbonyl (C=O) groups excluding carboxylic acids is 2. The maximum Gasteiger partial charge on any atom is 0.391 e. The van der Waals surface area contributed by atoms with Gasteiger partial charge in [-0.3, -0.25) is 18.7 Å². The van der Waals surface area contributed by atoms with Gasteiger partial charge >= 0.3 is 15.2 Å². The smallest absolute Gasteiger partial charge is 0.319 e. The van der Waals surface area contributed by atoms with E-state index in [0.717, 1.165) is 0 Å². The van der Waals surface area contributed by atoms with Crippen LogP contribution in [-0.4, -0.2) is 30.6 Å². The van der Waals surface area contributed by atoms with Crippen LogP contribution in [0, 0.1) is 0 Å². The molecule has 0 aromatic heterocycles. The molecule has 0 heterocycles. The van der Waals surface area contributed by atoms with E-state index < -0.39 is 39.1 Å². The van der Waals surface area contributed by atoms with Crippen LogP contribution in [0.4, 0.5) is 0 Å². The maximum atomic E-state index is 10.5. The van der Waals surface area contributed by atoms with Crippen molar-refractivity contribution in [1.29, 1.82) is 0 Å². The minimum absolute atomic E-state index is 0.881. The Morgan fingerprint density at radius 1 is 0.786 bits per heavy atom. The van der Waals surface area contributed by atoms with Gasteiger partial charge in [0.05, 0.1) is 0 Å². The van der Waals surface area contributed by atoms with Gasteiger partial charge in [-0.2, -0.15) is 0 Å². The summed E-state index contributed by atoms with van der Waals surface area (Å²) in [4.78, 5) is 54.1. The first-order valence-corrected chi connectivity index (χ1v) is 6.45. The van der Waals surface area contributed by atoms with Crippen LogP contribution in [-0.2, 0) is 18.7 Å². The Hall–Kier alpha value is -0.360. The zero-order chi connectivity index (χ0) is 11.6. The molecule has 10 heteroatoms. The molecular weight excluding hydrogens is 238 g/mol. The van der Waals surface area contributed by atoms with Crippen LogP contribution < -0.4 is 0 Å². The third kappa shape index (κ3) is 4.76. The van der Waals surface area contributed by atoms with Crippen LogP contribution >= 0.6 is 15.2 Å². The predicted octanol–water partition coefficient (Wildman–Crippen LogP) is -0.825. The van der Waals surface area contributed by atoms with Crippen LogP contribution in [0.15, 0.2) is 0 Å². The predicted molar refractivity (Wildman–Crippen MR) is 43.3 cm³/mol. The van der Waals surface area contributed by atoms with E-state index in [2.05, 4.69) is 0 Å².